The molecule has 112 valence electrons. The Hall–Kier alpha value is -0.120. The van der Waals surface area contributed by atoms with Crippen molar-refractivity contribution >= 4 is 0 Å². The molecule has 0 bridgehead atoms. The summed E-state index contributed by atoms with van der Waals surface area (Å²) in [4.78, 5) is 2.66. The van der Waals surface area contributed by atoms with Gasteiger partial charge in [0.1, 0.15) is 0 Å². The first-order valence-corrected chi connectivity index (χ1v) is 8.31. The highest BCUT2D eigenvalue weighted by Crippen LogP contribution is 2.17. The van der Waals surface area contributed by atoms with Crippen molar-refractivity contribution in [1.82, 2.24) is 10.2 Å². The predicted molar refractivity (Wildman–Crippen MR) is 80.5 cm³/mol. The highest BCUT2D eigenvalue weighted by molar-refractivity contribution is 4.78. The van der Waals surface area contributed by atoms with Crippen molar-refractivity contribution in [2.75, 3.05) is 32.8 Å². The largest absolute Gasteiger partial charge is 0.378 e. The molecule has 1 N–H and O–H groups in total. The lowest BCUT2D eigenvalue weighted by Crippen LogP contribution is -2.39. The van der Waals surface area contributed by atoms with Crippen molar-refractivity contribution < 1.29 is 4.74 Å². The van der Waals surface area contributed by atoms with E-state index in [-0.39, 0.29) is 0 Å². The Morgan fingerprint density at radius 1 is 1.26 bits per heavy atom. The Balaban J connectivity index is 1.71. The first kappa shape index (κ1) is 15.3. The van der Waals surface area contributed by atoms with Gasteiger partial charge in [-0.3, -0.25) is 0 Å². The summed E-state index contributed by atoms with van der Waals surface area (Å²) in [5, 5.41) is 3.71. The maximum Gasteiger partial charge on any atom is 0.0587 e. The van der Waals surface area contributed by atoms with Gasteiger partial charge in [-0.2, -0.15) is 0 Å². The van der Waals surface area contributed by atoms with Gasteiger partial charge in [0.15, 0.2) is 0 Å². The van der Waals surface area contributed by atoms with Crippen molar-refractivity contribution in [2.45, 2.75) is 64.5 Å². The monoisotopic (exact) mass is 268 g/mol. The van der Waals surface area contributed by atoms with E-state index in [0.717, 1.165) is 12.5 Å². The van der Waals surface area contributed by atoms with Crippen molar-refractivity contribution in [3.05, 3.63) is 0 Å². The van der Waals surface area contributed by atoms with E-state index in [0.29, 0.717) is 12.1 Å². The van der Waals surface area contributed by atoms with Crippen LogP contribution < -0.4 is 5.32 Å². The fourth-order valence-corrected chi connectivity index (χ4v) is 3.37. The fourth-order valence-electron chi connectivity index (χ4n) is 3.37. The third kappa shape index (κ3) is 5.80. The SMILES string of the molecule is CC(C)CC1CN(CCC2CCCCO2)CCCN1. The van der Waals surface area contributed by atoms with Gasteiger partial charge in [-0.15, -0.1) is 0 Å². The standard InChI is InChI=1S/C16H32N2O/c1-14(2)12-15-13-18(9-5-8-17-15)10-7-16-6-3-4-11-19-16/h14-17H,3-13H2,1-2H3. The molecule has 2 aliphatic rings. The van der Waals surface area contributed by atoms with Gasteiger partial charge >= 0.3 is 0 Å². The topological polar surface area (TPSA) is 24.5 Å². The molecule has 2 heterocycles. The van der Waals surface area contributed by atoms with Gasteiger partial charge in [-0.25, -0.2) is 0 Å². The fraction of sp³-hybridized carbons (Fsp3) is 1.00. The summed E-state index contributed by atoms with van der Waals surface area (Å²) >= 11 is 0. The summed E-state index contributed by atoms with van der Waals surface area (Å²) in [6.45, 7) is 10.5. The minimum atomic E-state index is 0.536. The lowest BCUT2D eigenvalue weighted by molar-refractivity contribution is 0.00536. The van der Waals surface area contributed by atoms with Gasteiger partial charge in [0.25, 0.3) is 0 Å². The highest BCUT2D eigenvalue weighted by atomic mass is 16.5. The molecule has 2 atom stereocenters. The van der Waals surface area contributed by atoms with Crippen LogP contribution in [0.25, 0.3) is 0 Å². The molecule has 0 aromatic carbocycles. The molecule has 2 fully saturated rings. The molecule has 19 heavy (non-hydrogen) atoms. The highest BCUT2D eigenvalue weighted by Gasteiger charge is 2.20. The molecule has 2 aliphatic heterocycles. The van der Waals surface area contributed by atoms with Crippen molar-refractivity contribution in [3.63, 3.8) is 0 Å². The Morgan fingerprint density at radius 2 is 2.16 bits per heavy atom. The molecule has 0 aliphatic carbocycles. The van der Waals surface area contributed by atoms with Crippen LogP contribution in [-0.4, -0.2) is 49.8 Å². The zero-order valence-electron chi connectivity index (χ0n) is 12.9. The van der Waals surface area contributed by atoms with Crippen LogP contribution in [0.15, 0.2) is 0 Å². The molecule has 0 radical (unpaired) electrons. The summed E-state index contributed by atoms with van der Waals surface area (Å²) in [5.74, 6) is 0.791. The zero-order chi connectivity index (χ0) is 13.5. The minimum Gasteiger partial charge on any atom is -0.378 e. The lowest BCUT2D eigenvalue weighted by Gasteiger charge is -2.28. The molecule has 2 saturated heterocycles. The summed E-state index contributed by atoms with van der Waals surface area (Å²) in [6.07, 6.45) is 8.27. The van der Waals surface area contributed by atoms with E-state index in [1.54, 1.807) is 0 Å². The van der Waals surface area contributed by atoms with Crippen LogP contribution in [0, 0.1) is 5.92 Å². The van der Waals surface area contributed by atoms with Gasteiger partial charge < -0.3 is 15.0 Å². The lowest BCUT2D eigenvalue weighted by atomic mass is 10.0. The summed E-state index contributed by atoms with van der Waals surface area (Å²) in [5.41, 5.74) is 0. The van der Waals surface area contributed by atoms with Gasteiger partial charge in [0.2, 0.25) is 0 Å². The van der Waals surface area contributed by atoms with Crippen molar-refractivity contribution in [2.24, 2.45) is 5.92 Å². The summed E-state index contributed by atoms with van der Waals surface area (Å²) in [7, 11) is 0. The van der Waals surface area contributed by atoms with E-state index in [2.05, 4.69) is 24.1 Å². The molecule has 0 spiro atoms. The Kier molecular flexibility index (Phi) is 6.62. The molecular formula is C16H32N2O. The summed E-state index contributed by atoms with van der Waals surface area (Å²) < 4.78 is 5.85. The third-order valence-electron chi connectivity index (χ3n) is 4.36. The van der Waals surface area contributed by atoms with E-state index in [4.69, 9.17) is 4.74 Å². The molecule has 2 rings (SSSR count). The number of hydrogen-bond donors (Lipinski definition) is 1. The first-order chi connectivity index (χ1) is 9.24. The van der Waals surface area contributed by atoms with E-state index in [1.165, 1.54) is 64.7 Å². The molecule has 0 aromatic rings. The molecule has 0 amide bonds. The molecule has 3 nitrogen and oxygen atoms in total. The van der Waals surface area contributed by atoms with E-state index in [9.17, 15) is 0 Å². The number of nitrogens with one attached hydrogen (secondary N) is 1. The van der Waals surface area contributed by atoms with Crippen molar-refractivity contribution in [3.8, 4) is 0 Å². The first-order valence-electron chi connectivity index (χ1n) is 8.31. The predicted octanol–water partition coefficient (Wildman–Crippen LogP) is 2.66. The maximum absolute atomic E-state index is 5.85. The van der Waals surface area contributed by atoms with Crippen molar-refractivity contribution in [1.29, 1.82) is 0 Å². The molecule has 0 aromatic heterocycles. The molecule has 3 heteroatoms. The van der Waals surface area contributed by atoms with Crippen LogP contribution in [0.4, 0.5) is 0 Å². The number of nitrogens with zero attached hydrogens (tertiary/aromatic N) is 1. The van der Waals surface area contributed by atoms with Crippen LogP contribution in [0.5, 0.6) is 0 Å². The van der Waals surface area contributed by atoms with E-state index >= 15 is 0 Å². The van der Waals surface area contributed by atoms with Gasteiger partial charge in [0.05, 0.1) is 6.10 Å². The average molecular weight is 268 g/mol. The van der Waals surface area contributed by atoms with E-state index < -0.39 is 0 Å². The molecular weight excluding hydrogens is 236 g/mol. The van der Waals surface area contributed by atoms with E-state index in [1.807, 2.05) is 0 Å². The molecule has 2 unspecified atom stereocenters. The average Bonchev–Trinajstić information content (AvgIpc) is 2.62. The van der Waals surface area contributed by atoms with Gasteiger partial charge in [-0.1, -0.05) is 13.8 Å². The van der Waals surface area contributed by atoms with Crippen LogP contribution >= 0.6 is 0 Å². The number of hydrogen-bond acceptors (Lipinski definition) is 3. The van der Waals surface area contributed by atoms with Crippen LogP contribution in [-0.2, 0) is 4.74 Å². The smallest absolute Gasteiger partial charge is 0.0587 e. The Morgan fingerprint density at radius 3 is 2.89 bits per heavy atom. The zero-order valence-corrected chi connectivity index (χ0v) is 12.9. The second-order valence-electron chi connectivity index (χ2n) is 6.71. The maximum atomic E-state index is 5.85. The second-order valence-corrected chi connectivity index (χ2v) is 6.71. The third-order valence-corrected chi connectivity index (χ3v) is 4.36. The Bertz CT molecular complexity index is 239. The normalized spacial score (nSPS) is 30.5. The number of ether oxygens (including phenoxy) is 1. The van der Waals surface area contributed by atoms with Crippen LogP contribution in [0.3, 0.4) is 0 Å². The van der Waals surface area contributed by atoms with Crippen LogP contribution in [0.2, 0.25) is 0 Å². The number of rotatable bonds is 5. The minimum absolute atomic E-state index is 0.536. The second kappa shape index (κ2) is 8.23. The van der Waals surface area contributed by atoms with Gasteiger partial charge in [-0.05, 0) is 57.5 Å². The summed E-state index contributed by atoms with van der Waals surface area (Å²) in [6, 6.07) is 0.690. The Labute approximate surface area is 119 Å². The molecule has 0 saturated carbocycles. The van der Waals surface area contributed by atoms with Gasteiger partial charge in [0, 0.05) is 25.7 Å². The quantitative estimate of drug-likeness (QED) is 0.829. The van der Waals surface area contributed by atoms with Crippen LogP contribution in [0.1, 0.15) is 52.4 Å².